The van der Waals surface area contributed by atoms with Gasteiger partial charge in [0.15, 0.2) is 0 Å². The average molecular weight is 439 g/mol. The maximum absolute atomic E-state index is 12.8. The minimum absolute atomic E-state index is 0.127. The number of amides is 1. The van der Waals surface area contributed by atoms with Gasteiger partial charge in [-0.2, -0.15) is 4.31 Å². The highest BCUT2D eigenvalue weighted by atomic mass is 35.5. The summed E-state index contributed by atoms with van der Waals surface area (Å²) in [5, 5.41) is 3.36. The fourth-order valence-corrected chi connectivity index (χ4v) is 7.41. The third-order valence-corrected chi connectivity index (χ3v) is 9.32. The quantitative estimate of drug-likeness (QED) is 0.753. The van der Waals surface area contributed by atoms with E-state index in [1.54, 1.807) is 18.2 Å². The van der Waals surface area contributed by atoms with Crippen molar-refractivity contribution in [1.29, 1.82) is 0 Å². The number of nitrogens with zero attached hydrogens (tertiary/aromatic N) is 1. The molecule has 1 heterocycles. The van der Waals surface area contributed by atoms with Crippen LogP contribution in [0.1, 0.15) is 51.4 Å². The summed E-state index contributed by atoms with van der Waals surface area (Å²) in [6.07, 6.45) is 9.74. The van der Waals surface area contributed by atoms with Gasteiger partial charge in [0.2, 0.25) is 15.9 Å². The van der Waals surface area contributed by atoms with Gasteiger partial charge in [0.1, 0.15) is 4.90 Å². The molecule has 3 fully saturated rings. The standard InChI is InChI=1S/C22H31ClN2O3S/c23-20-9-1-2-10-21(20)29(27,28)25-14-18(15-25)13-24-22(26)19-8-4-6-16-5-3-7-17(11-16)12-19/h1-2,9-10,16-19H,3-8,11-15H2,(H,24,26)/t16?,17-,19?/m0/s1. The fraction of sp³-hybridized carbons (Fsp3) is 0.682. The first-order chi connectivity index (χ1) is 13.9. The minimum atomic E-state index is -3.55. The third kappa shape index (κ3) is 4.80. The molecule has 5 nitrogen and oxygen atoms in total. The second-order valence-electron chi connectivity index (χ2n) is 9.13. The summed E-state index contributed by atoms with van der Waals surface area (Å²) in [7, 11) is -3.55. The van der Waals surface area contributed by atoms with Crippen molar-refractivity contribution in [2.24, 2.45) is 23.7 Å². The molecule has 29 heavy (non-hydrogen) atoms. The van der Waals surface area contributed by atoms with Crippen molar-refractivity contribution < 1.29 is 13.2 Å². The summed E-state index contributed by atoms with van der Waals surface area (Å²) in [6, 6.07) is 6.53. The smallest absolute Gasteiger partial charge is 0.244 e. The molecular weight excluding hydrogens is 408 g/mol. The van der Waals surface area contributed by atoms with Crippen molar-refractivity contribution in [3.05, 3.63) is 29.3 Å². The van der Waals surface area contributed by atoms with Gasteiger partial charge >= 0.3 is 0 Å². The van der Waals surface area contributed by atoms with Crippen LogP contribution in [-0.2, 0) is 14.8 Å². The summed E-state index contributed by atoms with van der Waals surface area (Å²) in [6.45, 7) is 1.42. The number of sulfonamides is 1. The molecule has 3 aliphatic rings. The summed E-state index contributed by atoms with van der Waals surface area (Å²) >= 11 is 6.06. The molecule has 0 spiro atoms. The first-order valence-corrected chi connectivity index (χ1v) is 12.8. The Morgan fingerprint density at radius 3 is 2.48 bits per heavy atom. The van der Waals surface area contributed by atoms with E-state index in [2.05, 4.69) is 5.32 Å². The van der Waals surface area contributed by atoms with Gasteiger partial charge in [-0.1, -0.05) is 55.8 Å². The Balaban J connectivity index is 1.25. The van der Waals surface area contributed by atoms with Gasteiger partial charge in [-0.05, 0) is 43.2 Å². The number of halogens is 1. The molecule has 0 radical (unpaired) electrons. The first kappa shape index (κ1) is 21.1. The highest BCUT2D eigenvalue weighted by molar-refractivity contribution is 7.89. The molecule has 2 saturated carbocycles. The van der Waals surface area contributed by atoms with Crippen molar-refractivity contribution in [2.45, 2.75) is 56.3 Å². The number of hydrogen-bond acceptors (Lipinski definition) is 3. The Bertz CT molecular complexity index is 838. The molecule has 3 atom stereocenters. The van der Waals surface area contributed by atoms with Crippen LogP contribution >= 0.6 is 11.6 Å². The van der Waals surface area contributed by atoms with E-state index in [0.717, 1.165) is 25.2 Å². The van der Waals surface area contributed by atoms with Crippen LogP contribution in [0.25, 0.3) is 0 Å². The summed E-state index contributed by atoms with van der Waals surface area (Å²) in [5.41, 5.74) is 0. The van der Waals surface area contributed by atoms with Crippen LogP contribution in [0.4, 0.5) is 0 Å². The summed E-state index contributed by atoms with van der Waals surface area (Å²) in [4.78, 5) is 12.9. The van der Waals surface area contributed by atoms with Crippen LogP contribution < -0.4 is 5.32 Å². The maximum Gasteiger partial charge on any atom is 0.244 e. The lowest BCUT2D eigenvalue weighted by molar-refractivity contribution is -0.126. The highest BCUT2D eigenvalue weighted by Gasteiger charge is 2.38. The molecular formula is C22H31ClN2O3S. The van der Waals surface area contributed by atoms with Gasteiger partial charge in [0.05, 0.1) is 5.02 Å². The zero-order valence-corrected chi connectivity index (χ0v) is 18.4. The Morgan fingerprint density at radius 2 is 1.72 bits per heavy atom. The molecule has 2 unspecified atom stereocenters. The van der Waals surface area contributed by atoms with Gasteiger partial charge < -0.3 is 5.32 Å². The Hall–Kier alpha value is -1.11. The van der Waals surface area contributed by atoms with Gasteiger partial charge in [0.25, 0.3) is 0 Å². The summed E-state index contributed by atoms with van der Waals surface area (Å²) < 4.78 is 26.8. The maximum atomic E-state index is 12.8. The van der Waals surface area contributed by atoms with Gasteiger partial charge in [-0.3, -0.25) is 4.79 Å². The zero-order valence-electron chi connectivity index (χ0n) is 16.9. The Labute approximate surface area is 179 Å². The topological polar surface area (TPSA) is 66.5 Å². The van der Waals surface area contributed by atoms with E-state index in [1.165, 1.54) is 42.5 Å². The fourth-order valence-electron chi connectivity index (χ4n) is 5.32. The molecule has 160 valence electrons. The highest BCUT2D eigenvalue weighted by Crippen LogP contribution is 2.39. The molecule has 7 heteroatoms. The van der Waals surface area contributed by atoms with E-state index < -0.39 is 10.0 Å². The normalized spacial score (nSPS) is 28.8. The number of hydrogen-bond donors (Lipinski definition) is 1. The van der Waals surface area contributed by atoms with E-state index in [4.69, 9.17) is 11.6 Å². The molecule has 1 aromatic rings. The van der Waals surface area contributed by atoms with Crippen molar-refractivity contribution >= 4 is 27.5 Å². The van der Waals surface area contributed by atoms with E-state index in [0.29, 0.717) is 25.6 Å². The summed E-state index contributed by atoms with van der Waals surface area (Å²) in [5.74, 6) is 2.07. The number of benzene rings is 1. The van der Waals surface area contributed by atoms with Crippen molar-refractivity contribution in [1.82, 2.24) is 9.62 Å². The third-order valence-electron chi connectivity index (χ3n) is 6.99. The van der Waals surface area contributed by atoms with Crippen LogP contribution in [0.2, 0.25) is 5.02 Å². The Kier molecular flexibility index (Phi) is 6.52. The number of nitrogens with one attached hydrogen (secondary N) is 1. The molecule has 0 aromatic heterocycles. The van der Waals surface area contributed by atoms with Crippen LogP contribution in [0.3, 0.4) is 0 Å². The molecule has 2 aliphatic carbocycles. The number of rotatable bonds is 5. The van der Waals surface area contributed by atoms with E-state index in [9.17, 15) is 13.2 Å². The zero-order chi connectivity index (χ0) is 20.4. The molecule has 1 aromatic carbocycles. The molecule has 2 bridgehead atoms. The molecule has 1 aliphatic heterocycles. The lowest BCUT2D eigenvalue weighted by Crippen LogP contribution is -2.54. The SMILES string of the molecule is O=C(NCC1CN(S(=O)(=O)c2ccccc2Cl)C1)C1CCCC2CCC[C@@H](C2)C1. The number of carbonyl (C=O) groups excluding carboxylic acids is 1. The van der Waals surface area contributed by atoms with E-state index in [1.807, 2.05) is 0 Å². The van der Waals surface area contributed by atoms with Crippen LogP contribution in [0.15, 0.2) is 29.2 Å². The van der Waals surface area contributed by atoms with Gasteiger partial charge in [0, 0.05) is 31.5 Å². The lowest BCUT2D eigenvalue weighted by atomic mass is 9.72. The molecule has 1 N–H and O–H groups in total. The molecule has 1 amide bonds. The second kappa shape index (κ2) is 8.94. The van der Waals surface area contributed by atoms with Crippen molar-refractivity contribution in [3.8, 4) is 0 Å². The first-order valence-electron chi connectivity index (χ1n) is 11.0. The van der Waals surface area contributed by atoms with Gasteiger partial charge in [-0.25, -0.2) is 8.42 Å². The molecule has 4 rings (SSSR count). The number of carbonyl (C=O) groups is 1. The predicted octanol–water partition coefficient (Wildman–Crippen LogP) is 4.07. The van der Waals surface area contributed by atoms with E-state index in [-0.39, 0.29) is 27.7 Å². The van der Waals surface area contributed by atoms with Crippen LogP contribution in [-0.4, -0.2) is 38.3 Å². The average Bonchev–Trinajstić information content (AvgIpc) is 2.65. The largest absolute Gasteiger partial charge is 0.355 e. The lowest BCUT2D eigenvalue weighted by Gasteiger charge is -2.38. The second-order valence-corrected chi connectivity index (χ2v) is 11.4. The van der Waals surface area contributed by atoms with Crippen LogP contribution in [0, 0.1) is 23.7 Å². The predicted molar refractivity (Wildman–Crippen MR) is 114 cm³/mol. The van der Waals surface area contributed by atoms with Crippen molar-refractivity contribution in [3.63, 3.8) is 0 Å². The van der Waals surface area contributed by atoms with Crippen molar-refractivity contribution in [2.75, 3.05) is 19.6 Å². The van der Waals surface area contributed by atoms with Gasteiger partial charge in [-0.15, -0.1) is 0 Å². The minimum Gasteiger partial charge on any atom is -0.355 e. The van der Waals surface area contributed by atoms with E-state index >= 15 is 0 Å². The monoisotopic (exact) mass is 438 g/mol. The molecule has 1 saturated heterocycles. The number of fused-ring (bicyclic) bond motifs is 2. The van der Waals surface area contributed by atoms with Crippen LogP contribution in [0.5, 0.6) is 0 Å². The Morgan fingerprint density at radius 1 is 1.03 bits per heavy atom.